The standard InChI is InChI=1S/C5H8F3N3/c6-5(7,8)3(9)1-2-4(10)11/h1-2H,9-11H2/b3-1-. The largest absolute Gasteiger partial charge is 0.430 e. The maximum Gasteiger partial charge on any atom is 0.430 e. The lowest BCUT2D eigenvalue weighted by molar-refractivity contribution is -0.0926. The van der Waals surface area contributed by atoms with Crippen molar-refractivity contribution in [1.82, 2.24) is 0 Å². The summed E-state index contributed by atoms with van der Waals surface area (Å²) in [6, 6.07) is 0. The molecule has 3 nitrogen and oxygen atoms in total. The minimum atomic E-state index is -4.52. The summed E-state index contributed by atoms with van der Waals surface area (Å²) in [4.78, 5) is 0. The molecule has 0 saturated heterocycles. The first-order chi connectivity index (χ1) is 4.84. The van der Waals surface area contributed by atoms with E-state index in [-0.39, 0.29) is 5.82 Å². The molecule has 0 saturated carbocycles. The lowest BCUT2D eigenvalue weighted by atomic mass is 10.4. The highest BCUT2D eigenvalue weighted by Crippen LogP contribution is 2.20. The molecule has 0 aromatic rings. The summed E-state index contributed by atoms with van der Waals surface area (Å²) in [5.41, 5.74) is 13.1. The van der Waals surface area contributed by atoms with E-state index in [1.54, 1.807) is 0 Å². The molecule has 0 atom stereocenters. The third-order valence-electron chi connectivity index (χ3n) is 0.783. The molecule has 0 unspecified atom stereocenters. The summed E-state index contributed by atoms with van der Waals surface area (Å²) in [5.74, 6) is -0.225. The van der Waals surface area contributed by atoms with Gasteiger partial charge in [0.05, 0.1) is 5.82 Å². The average molecular weight is 167 g/mol. The molecule has 0 rings (SSSR count). The Morgan fingerprint density at radius 1 is 1.00 bits per heavy atom. The van der Waals surface area contributed by atoms with Gasteiger partial charge in [0.15, 0.2) is 0 Å². The van der Waals surface area contributed by atoms with Crippen molar-refractivity contribution in [3.63, 3.8) is 0 Å². The van der Waals surface area contributed by atoms with E-state index >= 15 is 0 Å². The zero-order chi connectivity index (χ0) is 9.07. The van der Waals surface area contributed by atoms with Crippen LogP contribution in [0.15, 0.2) is 23.7 Å². The molecule has 6 heteroatoms. The Morgan fingerprint density at radius 2 is 1.45 bits per heavy atom. The summed E-state index contributed by atoms with van der Waals surface area (Å²) in [6.07, 6.45) is -3.04. The van der Waals surface area contributed by atoms with Crippen molar-refractivity contribution < 1.29 is 13.2 Å². The molecular formula is C5H8F3N3. The molecule has 64 valence electrons. The third kappa shape index (κ3) is 4.12. The predicted octanol–water partition coefficient (Wildman–Crippen LogP) is 0.150. The minimum absolute atomic E-state index is 0.225. The fourth-order valence-corrected chi connectivity index (χ4v) is 0.280. The first-order valence-corrected chi connectivity index (χ1v) is 2.59. The van der Waals surface area contributed by atoms with Crippen molar-refractivity contribution in [2.45, 2.75) is 6.18 Å². The molecule has 0 amide bonds. The molecule has 0 fully saturated rings. The van der Waals surface area contributed by atoms with Crippen LogP contribution >= 0.6 is 0 Å². The van der Waals surface area contributed by atoms with Gasteiger partial charge in [-0.1, -0.05) is 0 Å². The molecule has 0 aromatic carbocycles. The van der Waals surface area contributed by atoms with Crippen molar-refractivity contribution in [3.8, 4) is 0 Å². The fourth-order valence-electron chi connectivity index (χ4n) is 0.280. The maximum atomic E-state index is 11.6. The quantitative estimate of drug-likeness (QED) is 0.486. The predicted molar refractivity (Wildman–Crippen MR) is 34.8 cm³/mol. The zero-order valence-corrected chi connectivity index (χ0v) is 5.52. The van der Waals surface area contributed by atoms with Crippen LogP contribution in [0.1, 0.15) is 0 Å². The van der Waals surface area contributed by atoms with Crippen molar-refractivity contribution >= 4 is 0 Å². The third-order valence-corrected chi connectivity index (χ3v) is 0.783. The molecular weight excluding hydrogens is 159 g/mol. The molecule has 0 spiro atoms. The Balaban J connectivity index is 4.36. The van der Waals surface area contributed by atoms with E-state index in [2.05, 4.69) is 5.73 Å². The van der Waals surface area contributed by atoms with Crippen molar-refractivity contribution in [3.05, 3.63) is 23.7 Å². The Bertz CT molecular complexity index is 188. The topological polar surface area (TPSA) is 78.1 Å². The van der Waals surface area contributed by atoms with E-state index in [9.17, 15) is 13.2 Å². The smallest absolute Gasteiger partial charge is 0.395 e. The van der Waals surface area contributed by atoms with Crippen LogP contribution in [0.4, 0.5) is 13.2 Å². The lowest BCUT2D eigenvalue weighted by Gasteiger charge is -2.03. The highest BCUT2D eigenvalue weighted by atomic mass is 19.4. The van der Waals surface area contributed by atoms with Crippen LogP contribution in [0.25, 0.3) is 0 Å². The summed E-state index contributed by atoms with van der Waals surface area (Å²) in [7, 11) is 0. The van der Waals surface area contributed by atoms with Gasteiger partial charge in [-0.3, -0.25) is 0 Å². The Kier molecular flexibility index (Phi) is 2.79. The zero-order valence-electron chi connectivity index (χ0n) is 5.52. The molecule has 6 N–H and O–H groups in total. The summed E-state index contributed by atoms with van der Waals surface area (Å²) >= 11 is 0. The van der Waals surface area contributed by atoms with Crippen LogP contribution in [0.2, 0.25) is 0 Å². The molecule has 11 heavy (non-hydrogen) atoms. The van der Waals surface area contributed by atoms with E-state index < -0.39 is 11.9 Å². The Morgan fingerprint density at radius 3 is 1.73 bits per heavy atom. The second kappa shape index (κ2) is 3.18. The molecule has 0 aliphatic heterocycles. The fraction of sp³-hybridized carbons (Fsp3) is 0.200. The van der Waals surface area contributed by atoms with E-state index in [4.69, 9.17) is 11.5 Å². The molecule has 0 heterocycles. The molecule has 0 aliphatic rings. The van der Waals surface area contributed by atoms with Gasteiger partial charge >= 0.3 is 6.18 Å². The molecule has 0 aromatic heterocycles. The first-order valence-electron chi connectivity index (χ1n) is 2.59. The lowest BCUT2D eigenvalue weighted by Crippen LogP contribution is -2.19. The number of hydrogen-bond acceptors (Lipinski definition) is 3. The average Bonchev–Trinajstić information content (AvgIpc) is 1.80. The second-order valence-corrected chi connectivity index (χ2v) is 1.79. The van der Waals surface area contributed by atoms with Gasteiger partial charge in [0.2, 0.25) is 0 Å². The number of allylic oxidation sites excluding steroid dienone is 3. The van der Waals surface area contributed by atoms with Crippen LogP contribution < -0.4 is 17.2 Å². The van der Waals surface area contributed by atoms with Gasteiger partial charge in [0.25, 0.3) is 0 Å². The monoisotopic (exact) mass is 167 g/mol. The number of alkyl halides is 3. The van der Waals surface area contributed by atoms with Gasteiger partial charge in [-0.2, -0.15) is 13.2 Å². The van der Waals surface area contributed by atoms with Crippen LogP contribution in [-0.2, 0) is 0 Å². The number of nitrogens with two attached hydrogens (primary N) is 3. The van der Waals surface area contributed by atoms with Crippen LogP contribution in [0, 0.1) is 0 Å². The number of rotatable bonds is 1. The van der Waals surface area contributed by atoms with Gasteiger partial charge < -0.3 is 17.2 Å². The highest BCUT2D eigenvalue weighted by molar-refractivity contribution is 5.15. The van der Waals surface area contributed by atoms with Crippen LogP contribution in [0.5, 0.6) is 0 Å². The Labute approximate surface area is 61.3 Å². The van der Waals surface area contributed by atoms with Gasteiger partial charge in [-0.25, -0.2) is 0 Å². The van der Waals surface area contributed by atoms with E-state index in [1.807, 2.05) is 0 Å². The Hall–Kier alpha value is -1.33. The molecule has 0 radical (unpaired) electrons. The summed E-state index contributed by atoms with van der Waals surface area (Å²) in [6.45, 7) is 0. The summed E-state index contributed by atoms with van der Waals surface area (Å²) in [5, 5.41) is 0. The van der Waals surface area contributed by atoms with E-state index in [0.29, 0.717) is 6.08 Å². The summed E-state index contributed by atoms with van der Waals surface area (Å²) < 4.78 is 34.8. The first kappa shape index (κ1) is 9.67. The molecule has 0 aliphatic carbocycles. The van der Waals surface area contributed by atoms with Crippen molar-refractivity contribution in [2.75, 3.05) is 0 Å². The van der Waals surface area contributed by atoms with Crippen molar-refractivity contribution in [1.29, 1.82) is 0 Å². The van der Waals surface area contributed by atoms with E-state index in [0.717, 1.165) is 6.08 Å². The van der Waals surface area contributed by atoms with Crippen molar-refractivity contribution in [2.24, 2.45) is 17.2 Å². The van der Waals surface area contributed by atoms with Gasteiger partial charge in [-0.05, 0) is 12.2 Å². The second-order valence-electron chi connectivity index (χ2n) is 1.79. The normalized spacial score (nSPS) is 12.8. The number of halogens is 3. The van der Waals surface area contributed by atoms with Gasteiger partial charge in [0.1, 0.15) is 5.70 Å². The molecule has 0 bridgehead atoms. The minimum Gasteiger partial charge on any atom is -0.395 e. The number of hydrogen-bond donors (Lipinski definition) is 3. The highest BCUT2D eigenvalue weighted by Gasteiger charge is 2.30. The van der Waals surface area contributed by atoms with Gasteiger partial charge in [-0.15, -0.1) is 0 Å². The van der Waals surface area contributed by atoms with Crippen LogP contribution in [-0.4, -0.2) is 6.18 Å². The van der Waals surface area contributed by atoms with E-state index in [1.165, 1.54) is 0 Å². The van der Waals surface area contributed by atoms with Crippen LogP contribution in [0.3, 0.4) is 0 Å². The SMILES string of the molecule is NC(N)=C/C=C(\N)C(F)(F)F. The maximum absolute atomic E-state index is 11.6. The van der Waals surface area contributed by atoms with Gasteiger partial charge in [0, 0.05) is 0 Å².